The summed E-state index contributed by atoms with van der Waals surface area (Å²) in [5, 5.41) is 10.9. The molecule has 4 rings (SSSR count). The third-order valence-electron chi connectivity index (χ3n) is 8.32. The van der Waals surface area contributed by atoms with Crippen LogP contribution in [0.1, 0.15) is 71.6 Å². The Morgan fingerprint density at radius 3 is 2.36 bits per heavy atom. The van der Waals surface area contributed by atoms with Crippen LogP contribution in [0.3, 0.4) is 0 Å². The number of nitrogens with one attached hydrogen (secondary N) is 3. The molecule has 1 aromatic heterocycles. The van der Waals surface area contributed by atoms with Gasteiger partial charge in [0.15, 0.2) is 0 Å². The van der Waals surface area contributed by atoms with Crippen LogP contribution < -0.4 is 26.6 Å². The van der Waals surface area contributed by atoms with E-state index in [-0.39, 0.29) is 13.6 Å². The van der Waals surface area contributed by atoms with Gasteiger partial charge in [0.25, 0.3) is 0 Å². The summed E-state index contributed by atoms with van der Waals surface area (Å²) < 4.78 is 11.2. The normalized spacial score (nSPS) is 23.4. The highest BCUT2D eigenvalue weighted by Gasteiger charge is 2.24. The van der Waals surface area contributed by atoms with Crippen LogP contribution in [0.2, 0.25) is 0 Å². The van der Waals surface area contributed by atoms with E-state index in [9.17, 15) is 4.57 Å². The SMILES string of the molecule is C.Nc1cc(N2CCN(CCP(=O)(O)O)CC2)nc(NC2CCC(CNCCCNC3CCCCC3)CC2)n1. The molecule has 1 aromatic rings. The van der Waals surface area contributed by atoms with Crippen molar-refractivity contribution in [3.8, 4) is 0 Å². The Bertz CT molecular complexity index is 882. The van der Waals surface area contributed by atoms with Gasteiger partial charge in [-0.05, 0) is 70.5 Å². The van der Waals surface area contributed by atoms with Crippen LogP contribution in [0, 0.1) is 5.92 Å². The predicted molar refractivity (Wildman–Crippen MR) is 160 cm³/mol. The van der Waals surface area contributed by atoms with Gasteiger partial charge in [-0.15, -0.1) is 0 Å². The van der Waals surface area contributed by atoms with E-state index in [1.165, 1.54) is 51.4 Å². The summed E-state index contributed by atoms with van der Waals surface area (Å²) in [5.41, 5.74) is 6.12. The van der Waals surface area contributed by atoms with Gasteiger partial charge < -0.3 is 36.4 Å². The van der Waals surface area contributed by atoms with Crippen molar-refractivity contribution in [1.82, 2.24) is 25.5 Å². The molecule has 2 saturated carbocycles. The number of rotatable bonds is 13. The number of nitrogens with two attached hydrogens (primary N) is 1. The second-order valence-electron chi connectivity index (χ2n) is 11.4. The molecule has 0 unspecified atom stereocenters. The summed E-state index contributed by atoms with van der Waals surface area (Å²) in [6.45, 7) is 6.70. The van der Waals surface area contributed by atoms with Crippen LogP contribution in [0.5, 0.6) is 0 Å². The van der Waals surface area contributed by atoms with Gasteiger partial charge in [0.2, 0.25) is 5.95 Å². The summed E-state index contributed by atoms with van der Waals surface area (Å²) in [6.07, 6.45) is 12.6. The van der Waals surface area contributed by atoms with Crippen molar-refractivity contribution in [2.45, 2.75) is 83.7 Å². The highest BCUT2D eigenvalue weighted by Crippen LogP contribution is 2.34. The van der Waals surface area contributed by atoms with Crippen LogP contribution in [-0.4, -0.2) is 95.3 Å². The highest BCUT2D eigenvalue weighted by atomic mass is 31.2. The maximum Gasteiger partial charge on any atom is 0.326 e. The lowest BCUT2D eigenvalue weighted by molar-refractivity contribution is 0.264. The molecule has 2 heterocycles. The van der Waals surface area contributed by atoms with E-state index < -0.39 is 7.60 Å². The molecule has 1 aliphatic heterocycles. The zero-order valence-electron chi connectivity index (χ0n) is 22.9. The van der Waals surface area contributed by atoms with Gasteiger partial charge in [-0.3, -0.25) is 9.46 Å². The zero-order chi connectivity index (χ0) is 26.8. The monoisotopic (exact) mass is 568 g/mol. The number of aromatic nitrogens is 2. The van der Waals surface area contributed by atoms with Crippen molar-refractivity contribution in [2.24, 2.45) is 5.92 Å². The van der Waals surface area contributed by atoms with Gasteiger partial charge in [-0.25, -0.2) is 0 Å². The Morgan fingerprint density at radius 1 is 0.949 bits per heavy atom. The standard InChI is InChI=1S/C26H49N8O3P.CH4/c27-24-19-25(34-15-13-33(14-16-34)17-18-38(35,36)37)32-26(31-24)30-23-9-7-21(8-10-23)20-28-11-4-12-29-22-5-2-1-3-6-22;/h19,21-23,28-29H,1-18,20H2,(H2,35,36,37)(H3,27,30,31,32);1H4. The summed E-state index contributed by atoms with van der Waals surface area (Å²) in [7, 11) is -3.96. The van der Waals surface area contributed by atoms with Crippen molar-refractivity contribution < 1.29 is 14.4 Å². The Kier molecular flexibility index (Phi) is 13.2. The lowest BCUT2D eigenvalue weighted by Gasteiger charge is -2.35. The maximum absolute atomic E-state index is 11.2. The lowest BCUT2D eigenvalue weighted by atomic mass is 9.86. The van der Waals surface area contributed by atoms with E-state index in [2.05, 4.69) is 30.7 Å². The number of nitrogens with zero attached hydrogens (tertiary/aromatic N) is 4. The molecule has 0 amide bonds. The Balaban J connectivity index is 0.00000420. The lowest BCUT2D eigenvalue weighted by Crippen LogP contribution is -2.47. The van der Waals surface area contributed by atoms with Crippen LogP contribution in [0.25, 0.3) is 0 Å². The number of nitrogen functional groups attached to an aromatic ring is 1. The fourth-order valence-electron chi connectivity index (χ4n) is 5.98. The fourth-order valence-corrected chi connectivity index (χ4v) is 6.52. The second-order valence-corrected chi connectivity index (χ2v) is 13.2. The molecular formula is C27H53N8O3P. The van der Waals surface area contributed by atoms with Crippen molar-refractivity contribution in [2.75, 3.05) is 74.5 Å². The predicted octanol–water partition coefficient (Wildman–Crippen LogP) is 2.87. The highest BCUT2D eigenvalue weighted by molar-refractivity contribution is 7.51. The summed E-state index contributed by atoms with van der Waals surface area (Å²) in [4.78, 5) is 31.7. The maximum atomic E-state index is 11.2. The minimum atomic E-state index is -3.96. The first-order valence-corrected chi connectivity index (χ1v) is 16.5. The van der Waals surface area contributed by atoms with Gasteiger partial charge in [-0.2, -0.15) is 9.97 Å². The molecule has 3 fully saturated rings. The molecule has 0 spiro atoms. The third-order valence-corrected chi connectivity index (χ3v) is 9.10. The molecule has 0 bridgehead atoms. The molecule has 12 heteroatoms. The van der Waals surface area contributed by atoms with Gasteiger partial charge in [0, 0.05) is 50.9 Å². The van der Waals surface area contributed by atoms with E-state index in [4.69, 9.17) is 20.5 Å². The molecule has 0 aromatic carbocycles. The third kappa shape index (κ3) is 11.5. The van der Waals surface area contributed by atoms with Crippen LogP contribution in [0.15, 0.2) is 6.07 Å². The van der Waals surface area contributed by atoms with E-state index in [1.807, 2.05) is 6.07 Å². The smallest absolute Gasteiger partial charge is 0.326 e. The first-order chi connectivity index (χ1) is 18.3. The molecule has 0 radical (unpaired) electrons. The van der Waals surface area contributed by atoms with Crippen molar-refractivity contribution in [3.05, 3.63) is 6.07 Å². The minimum absolute atomic E-state index is 0. The minimum Gasteiger partial charge on any atom is -0.383 e. The number of hydrogen-bond donors (Lipinski definition) is 6. The largest absolute Gasteiger partial charge is 0.383 e. The summed E-state index contributed by atoms with van der Waals surface area (Å²) in [5.74, 6) is 2.59. The van der Waals surface area contributed by atoms with E-state index in [1.54, 1.807) is 0 Å². The Labute approximate surface area is 235 Å². The van der Waals surface area contributed by atoms with Gasteiger partial charge in [0.1, 0.15) is 11.6 Å². The quantitative estimate of drug-likeness (QED) is 0.154. The van der Waals surface area contributed by atoms with E-state index in [0.29, 0.717) is 24.4 Å². The van der Waals surface area contributed by atoms with Gasteiger partial charge >= 0.3 is 7.60 Å². The van der Waals surface area contributed by atoms with Crippen LogP contribution in [0.4, 0.5) is 17.6 Å². The number of hydrogen-bond acceptors (Lipinski definition) is 9. The van der Waals surface area contributed by atoms with E-state index >= 15 is 0 Å². The molecular weight excluding hydrogens is 515 g/mol. The average molecular weight is 569 g/mol. The first kappa shape index (κ1) is 32.0. The Morgan fingerprint density at radius 2 is 1.67 bits per heavy atom. The molecule has 7 N–H and O–H groups in total. The molecule has 1 saturated heterocycles. The summed E-state index contributed by atoms with van der Waals surface area (Å²) >= 11 is 0. The molecule has 11 nitrogen and oxygen atoms in total. The molecule has 2 aliphatic carbocycles. The van der Waals surface area contributed by atoms with Crippen molar-refractivity contribution >= 4 is 25.2 Å². The topological polar surface area (TPSA) is 152 Å². The van der Waals surface area contributed by atoms with Gasteiger partial charge in [0.05, 0.1) is 6.16 Å². The first-order valence-electron chi connectivity index (χ1n) is 14.7. The van der Waals surface area contributed by atoms with Crippen molar-refractivity contribution in [1.29, 1.82) is 0 Å². The second kappa shape index (κ2) is 16.1. The van der Waals surface area contributed by atoms with Gasteiger partial charge in [-0.1, -0.05) is 26.7 Å². The number of anilines is 3. The zero-order valence-corrected chi connectivity index (χ0v) is 23.8. The average Bonchev–Trinajstić information content (AvgIpc) is 2.90. The number of piperazine rings is 1. The van der Waals surface area contributed by atoms with Crippen molar-refractivity contribution in [3.63, 3.8) is 0 Å². The van der Waals surface area contributed by atoms with Crippen LogP contribution >= 0.6 is 7.60 Å². The van der Waals surface area contributed by atoms with E-state index in [0.717, 1.165) is 76.4 Å². The fraction of sp³-hybridized carbons (Fsp3) is 0.852. The molecule has 3 aliphatic rings. The summed E-state index contributed by atoms with van der Waals surface area (Å²) in [6, 6.07) is 2.93. The molecule has 224 valence electrons. The molecule has 0 atom stereocenters. The molecule has 39 heavy (non-hydrogen) atoms. The Hall–Kier alpha value is -1.49. The van der Waals surface area contributed by atoms with Crippen LogP contribution in [-0.2, 0) is 4.57 Å².